The zero-order valence-electron chi connectivity index (χ0n) is 20.4. The second-order valence-corrected chi connectivity index (χ2v) is 9.96. The molecule has 1 aromatic rings. The summed E-state index contributed by atoms with van der Waals surface area (Å²) in [5.74, 6) is 0.209. The Hall–Kier alpha value is -3.28. The van der Waals surface area contributed by atoms with Crippen LogP contribution in [0, 0.1) is 0 Å². The van der Waals surface area contributed by atoms with Crippen LogP contribution in [0.3, 0.4) is 0 Å². The van der Waals surface area contributed by atoms with Gasteiger partial charge in [-0.25, -0.2) is 22.7 Å². The number of urea groups is 2. The van der Waals surface area contributed by atoms with E-state index < -0.39 is 22.1 Å². The maximum atomic E-state index is 12.9. The number of hydrogen-bond donors (Lipinski definition) is 3. The molecule has 0 bridgehead atoms. The zero-order chi connectivity index (χ0) is 25.8. The largest absolute Gasteiger partial charge is 0.493 e. The van der Waals surface area contributed by atoms with Crippen molar-refractivity contribution in [3.05, 3.63) is 28.8 Å². The van der Waals surface area contributed by atoms with Crippen molar-refractivity contribution in [3.8, 4) is 11.5 Å². The lowest BCUT2D eigenvalue weighted by Gasteiger charge is -2.28. The predicted octanol–water partition coefficient (Wildman–Crippen LogP) is 2.24. The Labute approximate surface area is 205 Å². The first-order valence-electron chi connectivity index (χ1n) is 11.6. The summed E-state index contributed by atoms with van der Waals surface area (Å²) in [4.78, 5) is 37.7. The molecule has 192 valence electrons. The molecule has 3 rings (SSSR count). The molecular weight excluding hydrogens is 476 g/mol. The van der Waals surface area contributed by atoms with Gasteiger partial charge in [0.1, 0.15) is 16.4 Å². The Morgan fingerprint density at radius 3 is 2.63 bits per heavy atom. The molecule has 1 unspecified atom stereocenters. The highest BCUT2D eigenvalue weighted by atomic mass is 32.2. The van der Waals surface area contributed by atoms with E-state index in [-0.39, 0.29) is 35.6 Å². The number of imide groups is 1. The molecule has 0 saturated heterocycles. The third-order valence-electron chi connectivity index (χ3n) is 6.06. The van der Waals surface area contributed by atoms with Gasteiger partial charge in [-0.05, 0) is 56.2 Å². The number of nitrogens with zero attached hydrogens (tertiary/aromatic N) is 1. The van der Waals surface area contributed by atoms with Gasteiger partial charge in [0, 0.05) is 25.2 Å². The van der Waals surface area contributed by atoms with Crippen LogP contribution < -0.4 is 24.8 Å². The minimum Gasteiger partial charge on any atom is -0.493 e. The average Bonchev–Trinajstić information content (AvgIpc) is 3.11. The molecule has 2 aliphatic heterocycles. The lowest BCUT2D eigenvalue weighted by atomic mass is 9.90. The van der Waals surface area contributed by atoms with Crippen molar-refractivity contribution < 1.29 is 32.3 Å². The quantitative estimate of drug-likeness (QED) is 0.489. The Balaban J connectivity index is 1.76. The first-order valence-corrected chi connectivity index (χ1v) is 13.1. The van der Waals surface area contributed by atoms with Gasteiger partial charge < -0.3 is 20.1 Å². The average molecular weight is 509 g/mol. The lowest BCUT2D eigenvalue weighted by molar-refractivity contribution is -0.123. The standard InChI is InChI=1S/C23H32N4O7S/c1-5-16-14(3)13-27(21(16)28)23(30)25-9-7-15-8-10-34-18-12-19(33-6-2)20(11-17(15)18)35(31,32)26-22(29)24-4/h11-12,15H,5-10,13H2,1-4H3,(H,25,30)(H2,24,26,29). The molecule has 11 nitrogen and oxygen atoms in total. The number of carbonyl (C=O) groups is 3. The molecule has 0 spiro atoms. The zero-order valence-corrected chi connectivity index (χ0v) is 21.2. The van der Waals surface area contributed by atoms with E-state index in [0.717, 1.165) is 5.57 Å². The third-order valence-corrected chi connectivity index (χ3v) is 7.42. The Morgan fingerprint density at radius 2 is 2.00 bits per heavy atom. The van der Waals surface area contributed by atoms with Crippen molar-refractivity contribution in [3.63, 3.8) is 0 Å². The van der Waals surface area contributed by atoms with E-state index >= 15 is 0 Å². The van der Waals surface area contributed by atoms with E-state index in [1.807, 2.05) is 18.6 Å². The number of sulfonamides is 1. The number of fused-ring (bicyclic) bond motifs is 1. The number of ether oxygens (including phenoxy) is 2. The van der Waals surface area contributed by atoms with Gasteiger partial charge in [-0.15, -0.1) is 0 Å². The number of nitrogens with one attached hydrogen (secondary N) is 3. The van der Waals surface area contributed by atoms with Gasteiger partial charge in [-0.3, -0.25) is 9.69 Å². The van der Waals surface area contributed by atoms with E-state index in [0.29, 0.717) is 49.3 Å². The SMILES string of the molecule is CCOc1cc2c(cc1S(=O)(=O)NC(=O)NC)C(CCNC(=O)N1CC(C)=C(CC)C1=O)CCO2. The van der Waals surface area contributed by atoms with Gasteiger partial charge in [-0.2, -0.15) is 0 Å². The summed E-state index contributed by atoms with van der Waals surface area (Å²) in [5, 5.41) is 5.02. The Morgan fingerprint density at radius 1 is 1.26 bits per heavy atom. The van der Waals surface area contributed by atoms with Gasteiger partial charge >= 0.3 is 12.1 Å². The van der Waals surface area contributed by atoms with Crippen LogP contribution in [0.25, 0.3) is 0 Å². The molecular formula is C23H32N4O7S. The molecule has 0 aliphatic carbocycles. The van der Waals surface area contributed by atoms with Crippen LogP contribution in [-0.4, -0.2) is 64.6 Å². The number of hydrogen-bond acceptors (Lipinski definition) is 7. The van der Waals surface area contributed by atoms with Crippen molar-refractivity contribution in [2.75, 3.05) is 33.4 Å². The molecule has 1 atom stereocenters. The lowest BCUT2D eigenvalue weighted by Crippen LogP contribution is -2.42. The van der Waals surface area contributed by atoms with Gasteiger partial charge in [-0.1, -0.05) is 6.92 Å². The minimum atomic E-state index is -4.21. The van der Waals surface area contributed by atoms with Crippen molar-refractivity contribution in [1.29, 1.82) is 0 Å². The highest BCUT2D eigenvalue weighted by molar-refractivity contribution is 7.90. The van der Waals surface area contributed by atoms with Gasteiger partial charge in [0.15, 0.2) is 0 Å². The number of amides is 5. The highest BCUT2D eigenvalue weighted by Crippen LogP contribution is 2.41. The summed E-state index contributed by atoms with van der Waals surface area (Å²) >= 11 is 0. The molecule has 2 heterocycles. The Bertz CT molecular complexity index is 1150. The summed E-state index contributed by atoms with van der Waals surface area (Å²) in [7, 11) is -2.89. The summed E-state index contributed by atoms with van der Waals surface area (Å²) in [6.45, 7) is 6.68. The maximum absolute atomic E-state index is 12.9. The summed E-state index contributed by atoms with van der Waals surface area (Å²) in [6.07, 6.45) is 1.70. The van der Waals surface area contributed by atoms with Crippen molar-refractivity contribution >= 4 is 28.0 Å². The van der Waals surface area contributed by atoms with Gasteiger partial charge in [0.2, 0.25) is 0 Å². The molecule has 35 heavy (non-hydrogen) atoms. The van der Waals surface area contributed by atoms with Crippen molar-refractivity contribution in [2.45, 2.75) is 50.8 Å². The van der Waals surface area contributed by atoms with Crippen LogP contribution in [0.5, 0.6) is 11.5 Å². The van der Waals surface area contributed by atoms with E-state index in [1.54, 1.807) is 6.92 Å². The number of benzene rings is 1. The van der Waals surface area contributed by atoms with Gasteiger partial charge in [0.05, 0.1) is 19.8 Å². The number of rotatable bonds is 8. The second-order valence-electron chi connectivity index (χ2n) is 8.31. The van der Waals surface area contributed by atoms with E-state index in [2.05, 4.69) is 10.6 Å². The molecule has 12 heteroatoms. The summed E-state index contributed by atoms with van der Waals surface area (Å²) in [6, 6.07) is 1.66. The first kappa shape index (κ1) is 26.3. The Kier molecular flexibility index (Phi) is 8.26. The van der Waals surface area contributed by atoms with Crippen LogP contribution in [0.15, 0.2) is 28.2 Å². The summed E-state index contributed by atoms with van der Waals surface area (Å²) in [5.41, 5.74) is 2.21. The monoisotopic (exact) mass is 508 g/mol. The van der Waals surface area contributed by atoms with Gasteiger partial charge in [0.25, 0.3) is 15.9 Å². The smallest absolute Gasteiger partial charge is 0.328 e. The molecule has 2 aliphatic rings. The van der Waals surface area contributed by atoms with Crippen LogP contribution >= 0.6 is 0 Å². The fourth-order valence-electron chi connectivity index (χ4n) is 4.29. The van der Waals surface area contributed by atoms with Crippen LogP contribution in [0.2, 0.25) is 0 Å². The fraction of sp³-hybridized carbons (Fsp3) is 0.522. The van der Waals surface area contributed by atoms with Crippen LogP contribution in [0.1, 0.15) is 51.5 Å². The maximum Gasteiger partial charge on any atom is 0.328 e. The molecule has 0 radical (unpaired) electrons. The molecule has 1 aromatic carbocycles. The van der Waals surface area contributed by atoms with Crippen LogP contribution in [-0.2, 0) is 14.8 Å². The molecule has 0 fully saturated rings. The predicted molar refractivity (Wildman–Crippen MR) is 128 cm³/mol. The molecule has 0 saturated carbocycles. The van der Waals surface area contributed by atoms with E-state index in [9.17, 15) is 22.8 Å². The topological polar surface area (TPSA) is 143 Å². The van der Waals surface area contributed by atoms with E-state index in [4.69, 9.17) is 9.47 Å². The minimum absolute atomic E-state index is 0.0822. The molecule has 3 N–H and O–H groups in total. The van der Waals surface area contributed by atoms with Crippen LogP contribution in [0.4, 0.5) is 9.59 Å². The second kappa shape index (κ2) is 11.0. The van der Waals surface area contributed by atoms with Crippen molar-refractivity contribution in [2.24, 2.45) is 0 Å². The third kappa shape index (κ3) is 5.69. The fourth-order valence-corrected chi connectivity index (χ4v) is 5.41. The normalized spacial score (nSPS) is 17.5. The summed E-state index contributed by atoms with van der Waals surface area (Å²) < 4.78 is 38.9. The van der Waals surface area contributed by atoms with Crippen molar-refractivity contribution in [1.82, 2.24) is 20.3 Å². The number of carbonyl (C=O) groups excluding carboxylic acids is 3. The molecule has 0 aromatic heterocycles. The highest BCUT2D eigenvalue weighted by Gasteiger charge is 2.32. The molecule has 5 amide bonds. The first-order chi connectivity index (χ1) is 16.6. The van der Waals surface area contributed by atoms with E-state index in [1.165, 1.54) is 24.1 Å².